The van der Waals surface area contributed by atoms with E-state index in [4.69, 9.17) is 0 Å². The largest absolute Gasteiger partial charge is 0.340 e. The molecule has 2 aromatic rings. The van der Waals surface area contributed by atoms with Gasteiger partial charge in [0.05, 0.1) is 22.8 Å². The summed E-state index contributed by atoms with van der Waals surface area (Å²) in [6, 6.07) is 5.62. The summed E-state index contributed by atoms with van der Waals surface area (Å²) >= 11 is 1.47. The molecular weight excluding hydrogens is 344 g/mol. The molecule has 0 aliphatic carbocycles. The number of hydrogen-bond acceptors (Lipinski definition) is 7. The molecule has 8 heteroatoms. The number of sulfone groups is 1. The van der Waals surface area contributed by atoms with Gasteiger partial charge in [0.15, 0.2) is 15.0 Å². The maximum atomic E-state index is 11.8. The van der Waals surface area contributed by atoms with Crippen LogP contribution in [0.3, 0.4) is 0 Å². The molecule has 0 amide bonds. The van der Waals surface area contributed by atoms with E-state index in [9.17, 15) is 8.42 Å². The van der Waals surface area contributed by atoms with Crippen molar-refractivity contribution in [2.24, 2.45) is 4.99 Å². The molecule has 1 aromatic carbocycles. The molecule has 1 N–H and O–H groups in total. The van der Waals surface area contributed by atoms with Crippen LogP contribution >= 0.6 is 11.8 Å². The Morgan fingerprint density at radius 3 is 2.71 bits per heavy atom. The molecule has 24 heavy (non-hydrogen) atoms. The molecule has 6 nitrogen and oxygen atoms in total. The highest BCUT2D eigenvalue weighted by Crippen LogP contribution is 2.29. The number of fused-ring (bicyclic) bond motifs is 1. The molecule has 126 valence electrons. The maximum Gasteiger partial charge on any atom is 0.189 e. The molecule has 0 fully saturated rings. The van der Waals surface area contributed by atoms with Gasteiger partial charge in [0.1, 0.15) is 5.82 Å². The number of aromatic nitrogens is 2. The lowest BCUT2D eigenvalue weighted by Crippen LogP contribution is -2.05. The van der Waals surface area contributed by atoms with Crippen molar-refractivity contribution < 1.29 is 8.42 Å². The number of benzene rings is 1. The van der Waals surface area contributed by atoms with E-state index in [1.807, 2.05) is 31.4 Å². The molecule has 1 aliphatic rings. The van der Waals surface area contributed by atoms with Crippen LogP contribution in [0.2, 0.25) is 0 Å². The molecule has 0 bridgehead atoms. The standard InChI is InChI=1S/C16H18N4O2S2/c1-10-14(7-17-2)15(20-16(18-10)23-3)19-13-5-4-11-8-24(21,22)9-12(11)6-13/h4-7H,8-9H2,1-3H3,(H,18,19,20). The highest BCUT2D eigenvalue weighted by Gasteiger charge is 2.24. The Hall–Kier alpha value is -1.93. The third-order valence-corrected chi connectivity index (χ3v) is 5.83. The number of aryl methyl sites for hydroxylation is 1. The summed E-state index contributed by atoms with van der Waals surface area (Å²) in [5, 5.41) is 3.95. The minimum absolute atomic E-state index is 0.0972. The van der Waals surface area contributed by atoms with Gasteiger partial charge in [-0.15, -0.1) is 0 Å². The Kier molecular flexibility index (Phi) is 4.60. The summed E-state index contributed by atoms with van der Waals surface area (Å²) in [6.45, 7) is 1.92. The predicted octanol–water partition coefficient (Wildman–Crippen LogP) is 2.73. The van der Waals surface area contributed by atoms with Crippen molar-refractivity contribution in [2.75, 3.05) is 18.6 Å². The molecule has 0 saturated heterocycles. The first-order valence-corrected chi connectivity index (χ1v) is 10.4. The average molecular weight is 362 g/mol. The van der Waals surface area contributed by atoms with Crippen LogP contribution in [-0.2, 0) is 21.3 Å². The Bertz CT molecular complexity index is 924. The van der Waals surface area contributed by atoms with Gasteiger partial charge in [-0.25, -0.2) is 18.4 Å². The lowest BCUT2D eigenvalue weighted by Gasteiger charge is -2.12. The number of aliphatic imine (C=N–C) groups is 1. The summed E-state index contributed by atoms with van der Waals surface area (Å²) in [5.41, 5.74) is 4.19. The molecule has 2 heterocycles. The number of rotatable bonds is 4. The van der Waals surface area contributed by atoms with Crippen LogP contribution in [0.25, 0.3) is 0 Å². The summed E-state index contributed by atoms with van der Waals surface area (Å²) in [6.07, 6.45) is 3.64. The van der Waals surface area contributed by atoms with E-state index >= 15 is 0 Å². The second kappa shape index (κ2) is 6.52. The van der Waals surface area contributed by atoms with Gasteiger partial charge in [0.25, 0.3) is 0 Å². The number of nitrogens with one attached hydrogen (secondary N) is 1. The first-order valence-electron chi connectivity index (χ1n) is 7.36. The zero-order valence-corrected chi connectivity index (χ0v) is 15.3. The fraction of sp³-hybridized carbons (Fsp3) is 0.312. The molecule has 0 unspecified atom stereocenters. The quantitative estimate of drug-likeness (QED) is 0.511. The van der Waals surface area contributed by atoms with E-state index in [2.05, 4.69) is 20.3 Å². The van der Waals surface area contributed by atoms with Crippen LogP contribution in [0.1, 0.15) is 22.4 Å². The van der Waals surface area contributed by atoms with E-state index < -0.39 is 9.84 Å². The van der Waals surface area contributed by atoms with Crippen molar-refractivity contribution in [2.45, 2.75) is 23.6 Å². The second-order valence-electron chi connectivity index (χ2n) is 5.59. The van der Waals surface area contributed by atoms with Gasteiger partial charge in [-0.1, -0.05) is 17.8 Å². The normalized spacial score (nSPS) is 15.6. The Morgan fingerprint density at radius 2 is 2.00 bits per heavy atom. The van der Waals surface area contributed by atoms with Crippen molar-refractivity contribution >= 4 is 39.3 Å². The summed E-state index contributed by atoms with van der Waals surface area (Å²) in [4.78, 5) is 13.0. The highest BCUT2D eigenvalue weighted by molar-refractivity contribution is 7.98. The molecule has 0 spiro atoms. The van der Waals surface area contributed by atoms with Gasteiger partial charge < -0.3 is 5.32 Å². The number of hydrogen-bond donors (Lipinski definition) is 1. The Balaban J connectivity index is 1.99. The van der Waals surface area contributed by atoms with E-state index in [0.717, 1.165) is 28.1 Å². The molecule has 0 radical (unpaired) electrons. The zero-order valence-electron chi connectivity index (χ0n) is 13.7. The fourth-order valence-electron chi connectivity index (χ4n) is 2.67. The van der Waals surface area contributed by atoms with Crippen LogP contribution in [-0.4, -0.2) is 37.9 Å². The third kappa shape index (κ3) is 3.44. The van der Waals surface area contributed by atoms with Crippen molar-refractivity contribution in [1.29, 1.82) is 0 Å². The minimum atomic E-state index is -3.01. The van der Waals surface area contributed by atoms with E-state index in [-0.39, 0.29) is 11.5 Å². The monoisotopic (exact) mass is 362 g/mol. The van der Waals surface area contributed by atoms with Crippen LogP contribution in [0.15, 0.2) is 28.3 Å². The predicted molar refractivity (Wildman–Crippen MR) is 98.1 cm³/mol. The van der Waals surface area contributed by atoms with Crippen molar-refractivity contribution in [3.8, 4) is 0 Å². The third-order valence-electron chi connectivity index (χ3n) is 3.78. The molecular formula is C16H18N4O2S2. The van der Waals surface area contributed by atoms with Gasteiger partial charge in [0.2, 0.25) is 0 Å². The lowest BCUT2D eigenvalue weighted by molar-refractivity contribution is 0.598. The summed E-state index contributed by atoms with van der Waals surface area (Å²) in [7, 11) is -1.31. The van der Waals surface area contributed by atoms with Gasteiger partial charge in [0, 0.05) is 18.9 Å². The molecule has 0 atom stereocenters. The van der Waals surface area contributed by atoms with Crippen molar-refractivity contribution in [3.05, 3.63) is 40.6 Å². The molecule has 3 rings (SSSR count). The smallest absolute Gasteiger partial charge is 0.189 e. The Morgan fingerprint density at radius 1 is 1.25 bits per heavy atom. The Labute approximate surface area is 145 Å². The molecule has 1 aromatic heterocycles. The topological polar surface area (TPSA) is 84.3 Å². The van der Waals surface area contributed by atoms with Crippen LogP contribution in [0, 0.1) is 6.92 Å². The zero-order chi connectivity index (χ0) is 17.3. The summed E-state index contributed by atoms with van der Waals surface area (Å²) < 4.78 is 23.5. The van der Waals surface area contributed by atoms with E-state index in [0.29, 0.717) is 11.0 Å². The number of anilines is 2. The van der Waals surface area contributed by atoms with Gasteiger partial charge in [-0.05, 0) is 36.4 Å². The number of thioether (sulfide) groups is 1. The second-order valence-corrected chi connectivity index (χ2v) is 8.42. The van der Waals surface area contributed by atoms with E-state index in [1.54, 1.807) is 13.3 Å². The van der Waals surface area contributed by atoms with Gasteiger partial charge in [-0.2, -0.15) is 0 Å². The van der Waals surface area contributed by atoms with Gasteiger partial charge >= 0.3 is 0 Å². The number of nitrogens with zero attached hydrogens (tertiary/aromatic N) is 3. The molecule has 0 saturated carbocycles. The highest BCUT2D eigenvalue weighted by atomic mass is 32.2. The SMILES string of the molecule is CN=Cc1c(C)nc(SC)nc1Nc1ccc2c(c1)CS(=O)(=O)C2. The van der Waals surface area contributed by atoms with Crippen LogP contribution in [0.5, 0.6) is 0 Å². The van der Waals surface area contributed by atoms with Crippen LogP contribution < -0.4 is 5.32 Å². The first kappa shape index (κ1) is 16.9. The minimum Gasteiger partial charge on any atom is -0.340 e. The maximum absolute atomic E-state index is 11.8. The first-order chi connectivity index (χ1) is 11.4. The van der Waals surface area contributed by atoms with Crippen molar-refractivity contribution in [3.63, 3.8) is 0 Å². The van der Waals surface area contributed by atoms with Crippen LogP contribution in [0.4, 0.5) is 11.5 Å². The van der Waals surface area contributed by atoms with Crippen molar-refractivity contribution in [1.82, 2.24) is 9.97 Å². The fourth-order valence-corrected chi connectivity index (χ4v) is 4.68. The van der Waals surface area contributed by atoms with Gasteiger partial charge in [-0.3, -0.25) is 4.99 Å². The molecule has 1 aliphatic heterocycles. The average Bonchev–Trinajstić information content (AvgIpc) is 2.83. The lowest BCUT2D eigenvalue weighted by atomic mass is 10.1. The van der Waals surface area contributed by atoms with E-state index in [1.165, 1.54) is 11.8 Å². The summed E-state index contributed by atoms with van der Waals surface area (Å²) in [5.74, 6) is 0.887.